The third-order valence-corrected chi connectivity index (χ3v) is 11.3. The largest absolute Gasteiger partial charge is 0.456 e. The van der Waals surface area contributed by atoms with E-state index in [1.807, 2.05) is 11.3 Å². The number of aromatic nitrogens is 2. The van der Waals surface area contributed by atoms with Gasteiger partial charge in [0.05, 0.1) is 22.4 Å². The number of nitrogens with zero attached hydrogens (tertiary/aromatic N) is 2. The van der Waals surface area contributed by atoms with Gasteiger partial charge in [0.1, 0.15) is 11.2 Å². The summed E-state index contributed by atoms with van der Waals surface area (Å²) < 4.78 is 11.4. The fourth-order valence-corrected chi connectivity index (χ4v) is 9.06. The molecule has 0 aliphatic heterocycles. The average molecular weight is 669 g/mol. The predicted octanol–water partition coefficient (Wildman–Crippen LogP) is 13.4. The number of benzene rings is 7. The molecule has 7 aromatic carbocycles. The summed E-state index contributed by atoms with van der Waals surface area (Å²) >= 11 is 1.83. The molecule has 3 nitrogen and oxygen atoms in total. The number of rotatable bonds is 4. The van der Waals surface area contributed by atoms with E-state index in [1.54, 1.807) is 0 Å². The van der Waals surface area contributed by atoms with E-state index >= 15 is 0 Å². The monoisotopic (exact) mass is 668 g/mol. The van der Waals surface area contributed by atoms with Crippen LogP contribution in [0.1, 0.15) is 0 Å². The number of furan rings is 1. The van der Waals surface area contributed by atoms with Crippen molar-refractivity contribution in [2.45, 2.75) is 0 Å². The highest BCUT2D eigenvalue weighted by molar-refractivity contribution is 7.26. The lowest BCUT2D eigenvalue weighted by Crippen LogP contribution is -1.94. The van der Waals surface area contributed by atoms with Gasteiger partial charge >= 0.3 is 0 Å². The Morgan fingerprint density at radius 2 is 1.16 bits per heavy atom. The van der Waals surface area contributed by atoms with Crippen molar-refractivity contribution >= 4 is 75.3 Å². The zero-order valence-corrected chi connectivity index (χ0v) is 28.2. The molecule has 11 aromatic rings. The van der Waals surface area contributed by atoms with Gasteiger partial charge in [-0.15, -0.1) is 11.3 Å². The summed E-state index contributed by atoms with van der Waals surface area (Å²) in [5.74, 6) is 0. The molecule has 51 heavy (non-hydrogen) atoms. The van der Waals surface area contributed by atoms with E-state index < -0.39 is 0 Å². The predicted molar refractivity (Wildman–Crippen MR) is 215 cm³/mol. The summed E-state index contributed by atoms with van der Waals surface area (Å²) in [6.45, 7) is 0. The molecule has 4 aromatic heterocycles. The third kappa shape index (κ3) is 4.33. The summed E-state index contributed by atoms with van der Waals surface area (Å²) in [6, 6.07) is 60.5. The summed E-state index contributed by atoms with van der Waals surface area (Å²) in [7, 11) is 0. The summed E-state index contributed by atoms with van der Waals surface area (Å²) in [5.41, 5.74) is 11.6. The Morgan fingerprint density at radius 1 is 0.431 bits per heavy atom. The Balaban J connectivity index is 1.18. The van der Waals surface area contributed by atoms with Crippen LogP contribution < -0.4 is 0 Å². The minimum Gasteiger partial charge on any atom is -0.456 e. The zero-order valence-electron chi connectivity index (χ0n) is 27.4. The molecule has 0 spiro atoms. The number of thiophene rings is 1. The molecule has 0 amide bonds. The first kappa shape index (κ1) is 28.4. The molecule has 0 saturated carbocycles. The molecular formula is C47H28N2OS. The molecular weight excluding hydrogens is 641 g/mol. The van der Waals surface area contributed by atoms with Crippen LogP contribution in [-0.2, 0) is 0 Å². The first-order valence-electron chi connectivity index (χ1n) is 17.2. The van der Waals surface area contributed by atoms with Gasteiger partial charge in [-0.05, 0) is 83.9 Å². The lowest BCUT2D eigenvalue weighted by molar-refractivity contribution is 0.669. The maximum absolute atomic E-state index is 6.47. The van der Waals surface area contributed by atoms with Crippen molar-refractivity contribution in [3.63, 3.8) is 0 Å². The number of pyridine rings is 1. The number of hydrogen-bond acceptors (Lipinski definition) is 3. The van der Waals surface area contributed by atoms with Crippen molar-refractivity contribution in [2.75, 3.05) is 0 Å². The van der Waals surface area contributed by atoms with Crippen LogP contribution in [0.2, 0.25) is 0 Å². The maximum Gasteiger partial charge on any atom is 0.136 e. The van der Waals surface area contributed by atoms with Gasteiger partial charge < -0.3 is 8.98 Å². The van der Waals surface area contributed by atoms with Crippen molar-refractivity contribution in [3.05, 3.63) is 170 Å². The number of fused-ring (bicyclic) bond motifs is 10. The molecule has 0 unspecified atom stereocenters. The topological polar surface area (TPSA) is 31.0 Å². The van der Waals surface area contributed by atoms with Crippen LogP contribution in [-0.4, -0.2) is 9.55 Å². The third-order valence-electron chi connectivity index (χ3n) is 10.2. The average Bonchev–Trinajstić information content (AvgIpc) is 3.87. The molecule has 0 atom stereocenters. The van der Waals surface area contributed by atoms with E-state index in [1.165, 1.54) is 41.8 Å². The maximum atomic E-state index is 6.47. The smallest absolute Gasteiger partial charge is 0.136 e. The van der Waals surface area contributed by atoms with Crippen LogP contribution in [0.5, 0.6) is 0 Å². The van der Waals surface area contributed by atoms with E-state index in [0.717, 1.165) is 61.4 Å². The quantitative estimate of drug-likeness (QED) is 0.187. The molecule has 4 heterocycles. The fourth-order valence-electron chi connectivity index (χ4n) is 7.94. The molecule has 0 aliphatic carbocycles. The highest BCUT2D eigenvalue weighted by Gasteiger charge is 2.19. The summed E-state index contributed by atoms with van der Waals surface area (Å²) in [6.07, 6.45) is 0. The Labute approximate surface area is 297 Å². The molecule has 0 bridgehead atoms. The Hall–Kier alpha value is -6.49. The van der Waals surface area contributed by atoms with Crippen LogP contribution in [0.25, 0.3) is 103 Å². The molecule has 0 radical (unpaired) electrons. The van der Waals surface area contributed by atoms with Gasteiger partial charge in [0.25, 0.3) is 0 Å². The van der Waals surface area contributed by atoms with Crippen molar-refractivity contribution in [3.8, 4) is 39.3 Å². The number of hydrogen-bond donors (Lipinski definition) is 0. The van der Waals surface area contributed by atoms with E-state index in [9.17, 15) is 0 Å². The molecule has 0 N–H and O–H groups in total. The zero-order chi connectivity index (χ0) is 33.5. The fraction of sp³-hybridized carbons (Fsp3) is 0. The SMILES string of the molecule is c1ccc(-c2cc(-c3ccc4oc5ccc6sc7ccccc7c6c5c4c3)nc(-c3cccc4c3c3ccccc3n4-c3ccccc3)c2)cc1. The van der Waals surface area contributed by atoms with Gasteiger partial charge in [-0.1, -0.05) is 97.1 Å². The summed E-state index contributed by atoms with van der Waals surface area (Å²) in [4.78, 5) is 5.47. The van der Waals surface area contributed by atoms with Crippen molar-refractivity contribution < 1.29 is 4.42 Å². The Kier molecular flexibility index (Phi) is 6.12. The van der Waals surface area contributed by atoms with Crippen molar-refractivity contribution in [1.29, 1.82) is 0 Å². The summed E-state index contributed by atoms with van der Waals surface area (Å²) in [5, 5.41) is 7.21. The second-order valence-electron chi connectivity index (χ2n) is 13.1. The minimum atomic E-state index is 0.884. The molecule has 4 heteroatoms. The van der Waals surface area contributed by atoms with Crippen LogP contribution >= 0.6 is 11.3 Å². The van der Waals surface area contributed by atoms with E-state index in [-0.39, 0.29) is 0 Å². The first-order valence-corrected chi connectivity index (χ1v) is 18.0. The second-order valence-corrected chi connectivity index (χ2v) is 14.2. The molecule has 238 valence electrons. The van der Waals surface area contributed by atoms with Crippen molar-refractivity contribution in [2.24, 2.45) is 0 Å². The Bertz CT molecular complexity index is 3130. The highest BCUT2D eigenvalue weighted by Crippen LogP contribution is 2.44. The van der Waals surface area contributed by atoms with Crippen LogP contribution in [0.15, 0.2) is 174 Å². The van der Waals surface area contributed by atoms with Gasteiger partial charge in [-0.2, -0.15) is 0 Å². The number of para-hydroxylation sites is 2. The standard InChI is InChI=1S/C47H28N2OS/c1-3-12-29(13-4-1)31-27-37(30-22-23-41-36(26-30)46-42(50-41)24-25-44-47(46)35-17-8-10-21-43(35)51-44)48-38(28-31)33-18-11-20-40-45(33)34-16-7-9-19-39(34)49(40)32-14-5-2-6-15-32/h1-28H. The van der Waals surface area contributed by atoms with E-state index in [4.69, 9.17) is 9.40 Å². The van der Waals surface area contributed by atoms with Gasteiger partial charge in [0.2, 0.25) is 0 Å². The lowest BCUT2D eigenvalue weighted by atomic mass is 9.97. The molecule has 0 saturated heterocycles. The Morgan fingerprint density at radius 3 is 2.04 bits per heavy atom. The molecule has 11 rings (SSSR count). The first-order chi connectivity index (χ1) is 25.3. The lowest BCUT2D eigenvalue weighted by Gasteiger charge is -2.12. The van der Waals surface area contributed by atoms with Gasteiger partial charge in [-0.25, -0.2) is 4.98 Å². The van der Waals surface area contributed by atoms with Crippen LogP contribution in [0, 0.1) is 0 Å². The van der Waals surface area contributed by atoms with E-state index in [0.29, 0.717) is 0 Å². The second kappa shape index (κ2) is 11.0. The molecule has 0 fully saturated rings. The van der Waals surface area contributed by atoms with Gasteiger partial charge in [0.15, 0.2) is 0 Å². The van der Waals surface area contributed by atoms with Gasteiger partial charge in [0, 0.05) is 58.5 Å². The van der Waals surface area contributed by atoms with Crippen molar-refractivity contribution in [1.82, 2.24) is 9.55 Å². The molecule has 0 aliphatic rings. The van der Waals surface area contributed by atoms with Crippen LogP contribution in [0.4, 0.5) is 0 Å². The van der Waals surface area contributed by atoms with E-state index in [2.05, 4.69) is 174 Å². The van der Waals surface area contributed by atoms with Gasteiger partial charge in [-0.3, -0.25) is 0 Å². The normalized spacial score (nSPS) is 11.9. The minimum absolute atomic E-state index is 0.884. The van der Waals surface area contributed by atoms with Crippen LogP contribution in [0.3, 0.4) is 0 Å². The highest BCUT2D eigenvalue weighted by atomic mass is 32.1.